The van der Waals surface area contributed by atoms with Gasteiger partial charge >= 0.3 is 23.3 Å². The van der Waals surface area contributed by atoms with E-state index in [4.69, 9.17) is 0 Å². The first-order valence-electron chi connectivity index (χ1n) is 5.23. The molecule has 24 heavy (non-hydrogen) atoms. The SMILES string of the molecule is CN(C)CS(=O)(=O)NS(=O)(=O)C(F)(F)C(F)(F)C(F)(F)C(F)(F)F. The number of halogens is 9. The molecule has 0 saturated heterocycles. The lowest BCUT2D eigenvalue weighted by molar-refractivity contribution is -0.382. The van der Waals surface area contributed by atoms with E-state index in [0.29, 0.717) is 4.90 Å². The third-order valence-electron chi connectivity index (χ3n) is 2.12. The molecule has 17 heteroatoms. The second kappa shape index (κ2) is 6.17. The van der Waals surface area contributed by atoms with E-state index in [0.717, 1.165) is 14.1 Å². The Bertz CT molecular complexity index is 669. The Morgan fingerprint density at radius 1 is 0.792 bits per heavy atom. The van der Waals surface area contributed by atoms with Crippen LogP contribution >= 0.6 is 0 Å². The largest absolute Gasteiger partial charge is 0.460 e. The highest BCUT2D eigenvalue weighted by molar-refractivity contribution is 8.05. The summed E-state index contributed by atoms with van der Waals surface area (Å²) in [5, 5.41) is -7.11. The van der Waals surface area contributed by atoms with Crippen molar-refractivity contribution in [1.82, 2.24) is 9.03 Å². The summed E-state index contributed by atoms with van der Waals surface area (Å²) in [7, 11) is -10.6. The van der Waals surface area contributed by atoms with Crippen LogP contribution < -0.4 is 4.13 Å². The minimum Gasteiger partial charge on any atom is -0.295 e. The smallest absolute Gasteiger partial charge is 0.295 e. The number of hydrogen-bond donors (Lipinski definition) is 1. The summed E-state index contributed by atoms with van der Waals surface area (Å²) in [5.41, 5.74) is 0. The molecule has 0 bridgehead atoms. The molecule has 0 saturated carbocycles. The average molecular weight is 420 g/mol. The van der Waals surface area contributed by atoms with E-state index >= 15 is 0 Å². The highest BCUT2D eigenvalue weighted by Gasteiger charge is 2.85. The zero-order chi connectivity index (χ0) is 20.0. The first kappa shape index (κ1) is 23.2. The summed E-state index contributed by atoms with van der Waals surface area (Å²) < 4.78 is 157. The van der Waals surface area contributed by atoms with Gasteiger partial charge in [0.25, 0.3) is 10.0 Å². The first-order chi connectivity index (χ1) is 10.1. The molecule has 0 aromatic carbocycles. The molecular weight excluding hydrogens is 411 g/mol. The minimum absolute atomic E-state index is 0.00597. The van der Waals surface area contributed by atoms with E-state index in [1.165, 1.54) is 0 Å². The van der Waals surface area contributed by atoms with E-state index in [1.54, 1.807) is 0 Å². The van der Waals surface area contributed by atoms with Crippen LogP contribution in [0.1, 0.15) is 0 Å². The van der Waals surface area contributed by atoms with Gasteiger partial charge in [0.05, 0.1) is 0 Å². The maximum Gasteiger partial charge on any atom is 0.460 e. The van der Waals surface area contributed by atoms with Crippen LogP contribution in [0.15, 0.2) is 0 Å². The Morgan fingerprint density at radius 3 is 1.46 bits per heavy atom. The third-order valence-corrected chi connectivity index (χ3v) is 5.80. The van der Waals surface area contributed by atoms with Crippen LogP contribution in [0.5, 0.6) is 0 Å². The van der Waals surface area contributed by atoms with Gasteiger partial charge in [0.2, 0.25) is 10.0 Å². The zero-order valence-corrected chi connectivity index (χ0v) is 13.1. The molecule has 146 valence electrons. The molecule has 0 fully saturated rings. The van der Waals surface area contributed by atoms with Crippen molar-refractivity contribution >= 4 is 20.0 Å². The Morgan fingerprint density at radius 2 is 1.17 bits per heavy atom. The van der Waals surface area contributed by atoms with Gasteiger partial charge in [-0.05, 0) is 14.1 Å². The zero-order valence-electron chi connectivity index (χ0n) is 11.5. The van der Waals surface area contributed by atoms with Crippen molar-refractivity contribution in [3.05, 3.63) is 0 Å². The summed E-state index contributed by atoms with van der Waals surface area (Å²) in [6.45, 7) is 0. The number of nitrogens with one attached hydrogen (secondary N) is 1. The maximum absolute atomic E-state index is 13.2. The second-order valence-electron chi connectivity index (χ2n) is 4.57. The summed E-state index contributed by atoms with van der Waals surface area (Å²) in [5.74, 6) is -16.3. The van der Waals surface area contributed by atoms with Crippen molar-refractivity contribution in [2.24, 2.45) is 0 Å². The van der Waals surface area contributed by atoms with E-state index < -0.39 is 49.2 Å². The molecule has 0 radical (unpaired) electrons. The van der Waals surface area contributed by atoms with Gasteiger partial charge in [0, 0.05) is 0 Å². The lowest BCUT2D eigenvalue weighted by atomic mass is 10.1. The fraction of sp³-hybridized carbons (Fsp3) is 1.00. The molecule has 0 aliphatic carbocycles. The number of alkyl halides is 9. The topological polar surface area (TPSA) is 83.6 Å². The molecule has 0 aromatic rings. The van der Waals surface area contributed by atoms with Crippen LogP contribution in [0.4, 0.5) is 39.5 Å². The molecule has 0 aliphatic rings. The predicted octanol–water partition coefficient (Wildman–Crippen LogP) is 1.18. The van der Waals surface area contributed by atoms with Crippen molar-refractivity contribution < 1.29 is 56.3 Å². The molecule has 0 unspecified atom stereocenters. The van der Waals surface area contributed by atoms with Crippen LogP contribution in [0, 0.1) is 0 Å². The fourth-order valence-corrected chi connectivity index (χ4v) is 4.23. The number of rotatable bonds is 7. The number of nitrogens with zero attached hydrogens (tertiary/aromatic N) is 1. The molecule has 0 amide bonds. The van der Waals surface area contributed by atoms with Gasteiger partial charge in [-0.1, -0.05) is 0 Å². The van der Waals surface area contributed by atoms with E-state index in [-0.39, 0.29) is 4.13 Å². The van der Waals surface area contributed by atoms with Crippen molar-refractivity contribution in [3.8, 4) is 0 Å². The van der Waals surface area contributed by atoms with Crippen molar-refractivity contribution in [2.75, 3.05) is 20.0 Å². The van der Waals surface area contributed by atoms with Crippen LogP contribution in [-0.4, -0.2) is 65.0 Å². The summed E-state index contributed by atoms with van der Waals surface area (Å²) >= 11 is 0. The van der Waals surface area contributed by atoms with Crippen molar-refractivity contribution in [2.45, 2.75) is 23.3 Å². The van der Waals surface area contributed by atoms with Gasteiger partial charge in [-0.2, -0.15) is 39.5 Å². The first-order valence-corrected chi connectivity index (χ1v) is 8.36. The van der Waals surface area contributed by atoms with Gasteiger partial charge in [-0.25, -0.2) is 16.8 Å². The molecule has 6 nitrogen and oxygen atoms in total. The monoisotopic (exact) mass is 420 g/mol. The molecule has 0 rings (SSSR count). The van der Waals surface area contributed by atoms with Gasteiger partial charge in [-0.15, -0.1) is 4.13 Å². The highest BCUT2D eigenvalue weighted by Crippen LogP contribution is 2.54. The Kier molecular flexibility index (Phi) is 5.96. The normalized spacial score (nSPS) is 15.8. The van der Waals surface area contributed by atoms with Gasteiger partial charge in [-0.3, -0.25) is 4.90 Å². The maximum atomic E-state index is 13.2. The quantitative estimate of drug-likeness (QED) is 0.626. The molecule has 1 N–H and O–H groups in total. The fourth-order valence-electron chi connectivity index (χ4n) is 1.12. The second-order valence-corrected chi connectivity index (χ2v) is 8.25. The van der Waals surface area contributed by atoms with Crippen LogP contribution in [0.3, 0.4) is 0 Å². The standard InChI is InChI=1S/C7H9F9N2O4S2/c1-18(2)3-23(19,20)17-24(21,22)7(15,16)5(10,11)4(8,9)6(12,13)14/h17H,3H2,1-2H3. The average Bonchev–Trinajstić information content (AvgIpc) is 2.22. The molecule has 0 spiro atoms. The molecule has 0 aliphatic heterocycles. The lowest BCUT2D eigenvalue weighted by Crippen LogP contribution is -2.65. The molecular formula is C7H9F9N2O4S2. The molecule has 0 heterocycles. The Hall–Kier alpha value is -0.810. The molecule has 0 aromatic heterocycles. The highest BCUT2D eigenvalue weighted by atomic mass is 32.3. The third kappa shape index (κ3) is 4.05. The van der Waals surface area contributed by atoms with Crippen molar-refractivity contribution in [1.29, 1.82) is 0 Å². The van der Waals surface area contributed by atoms with E-state index in [2.05, 4.69) is 0 Å². The minimum atomic E-state index is -7.50. The van der Waals surface area contributed by atoms with Gasteiger partial charge < -0.3 is 0 Å². The van der Waals surface area contributed by atoms with Crippen molar-refractivity contribution in [3.63, 3.8) is 0 Å². The summed E-state index contributed by atoms with van der Waals surface area (Å²) in [6.07, 6.45) is -7.24. The Labute approximate surface area is 129 Å². The van der Waals surface area contributed by atoms with E-state index in [1.807, 2.05) is 0 Å². The Balaban J connectivity index is 6.05. The van der Waals surface area contributed by atoms with Crippen LogP contribution in [0.2, 0.25) is 0 Å². The van der Waals surface area contributed by atoms with Gasteiger partial charge in [0.15, 0.2) is 0 Å². The van der Waals surface area contributed by atoms with E-state index in [9.17, 15) is 56.3 Å². The lowest BCUT2D eigenvalue weighted by Gasteiger charge is -2.32. The van der Waals surface area contributed by atoms with Gasteiger partial charge in [0.1, 0.15) is 5.88 Å². The molecule has 0 atom stereocenters. The van der Waals surface area contributed by atoms with Crippen LogP contribution in [-0.2, 0) is 20.0 Å². The predicted molar refractivity (Wildman–Crippen MR) is 60.4 cm³/mol. The van der Waals surface area contributed by atoms with Crippen LogP contribution in [0.25, 0.3) is 0 Å². The number of sulfonamides is 2. The number of hydrogen-bond acceptors (Lipinski definition) is 5. The summed E-state index contributed by atoms with van der Waals surface area (Å²) in [4.78, 5) is 0.651. The summed E-state index contributed by atoms with van der Waals surface area (Å²) in [6, 6.07) is 0.